The Morgan fingerprint density at radius 3 is 2.95 bits per heavy atom. The summed E-state index contributed by atoms with van der Waals surface area (Å²) in [6.07, 6.45) is 2.17. The third-order valence-corrected chi connectivity index (χ3v) is 3.80. The predicted molar refractivity (Wildman–Crippen MR) is 75.6 cm³/mol. The van der Waals surface area contributed by atoms with Gasteiger partial charge in [0.25, 0.3) is 0 Å². The summed E-state index contributed by atoms with van der Waals surface area (Å²) in [4.78, 5) is 27.0. The summed E-state index contributed by atoms with van der Waals surface area (Å²) in [5.41, 5.74) is 1.87. The first-order chi connectivity index (χ1) is 10.2. The van der Waals surface area contributed by atoms with Crippen molar-refractivity contribution in [3.63, 3.8) is 0 Å². The molecule has 1 aromatic carbocycles. The van der Waals surface area contributed by atoms with Gasteiger partial charge in [0, 0.05) is 28.6 Å². The lowest BCUT2D eigenvalue weighted by atomic mass is 10.0. The van der Waals surface area contributed by atoms with Gasteiger partial charge in [-0.25, -0.2) is 0 Å². The third-order valence-electron chi connectivity index (χ3n) is 3.80. The molecule has 1 aliphatic rings. The van der Waals surface area contributed by atoms with Crippen LogP contribution in [0.2, 0.25) is 0 Å². The van der Waals surface area contributed by atoms with E-state index in [1.165, 1.54) is 0 Å². The number of carbonyl (C=O) groups excluding carboxylic acids is 2. The zero-order valence-electron chi connectivity index (χ0n) is 11.6. The van der Waals surface area contributed by atoms with Gasteiger partial charge in [0.05, 0.1) is 18.1 Å². The molecule has 21 heavy (non-hydrogen) atoms. The molecule has 1 saturated carbocycles. The number of esters is 1. The molecule has 0 amide bonds. The second-order valence-electron chi connectivity index (χ2n) is 5.14. The molecule has 1 fully saturated rings. The average molecular weight is 282 g/mol. The summed E-state index contributed by atoms with van der Waals surface area (Å²) in [5.74, 6) is -0.947. The second kappa shape index (κ2) is 5.06. The van der Waals surface area contributed by atoms with E-state index in [4.69, 9.17) is 10.00 Å². The van der Waals surface area contributed by atoms with Crippen molar-refractivity contribution >= 4 is 22.7 Å². The molecular formula is C16H14N2O3. The third kappa shape index (κ3) is 2.29. The molecule has 106 valence electrons. The number of carbonyl (C=O) groups is 2. The number of rotatable bonds is 4. The molecule has 0 aliphatic heterocycles. The molecule has 0 radical (unpaired) electrons. The highest BCUT2D eigenvalue weighted by Crippen LogP contribution is 2.42. The largest absolute Gasteiger partial charge is 0.466 e. The normalized spacial score (nSPS) is 20.0. The number of Topliss-reactive ketones (excluding diaryl/α,β-unsaturated/α-hetero) is 1. The van der Waals surface area contributed by atoms with E-state index in [2.05, 4.69) is 11.1 Å². The highest BCUT2D eigenvalue weighted by molar-refractivity contribution is 6.05. The molecule has 2 aromatic rings. The first kappa shape index (κ1) is 13.4. The van der Waals surface area contributed by atoms with Crippen molar-refractivity contribution in [1.29, 1.82) is 5.26 Å². The average Bonchev–Trinajstić information content (AvgIpc) is 3.19. The number of hydrogen-bond acceptors (Lipinski definition) is 4. The number of H-pyrrole nitrogens is 1. The van der Waals surface area contributed by atoms with Gasteiger partial charge >= 0.3 is 5.97 Å². The lowest BCUT2D eigenvalue weighted by Gasteiger charge is -2.02. The van der Waals surface area contributed by atoms with Gasteiger partial charge in [-0.2, -0.15) is 5.26 Å². The molecule has 5 nitrogen and oxygen atoms in total. The van der Waals surface area contributed by atoms with Crippen molar-refractivity contribution < 1.29 is 14.3 Å². The monoisotopic (exact) mass is 282 g/mol. The van der Waals surface area contributed by atoms with E-state index in [1.807, 2.05) is 0 Å². The molecule has 5 heteroatoms. The number of hydrogen-bond donors (Lipinski definition) is 1. The molecule has 1 heterocycles. The first-order valence-corrected chi connectivity index (χ1v) is 6.87. The molecule has 2 atom stereocenters. The van der Waals surface area contributed by atoms with Crippen LogP contribution in [0.3, 0.4) is 0 Å². The number of benzene rings is 1. The van der Waals surface area contributed by atoms with Crippen molar-refractivity contribution in [2.24, 2.45) is 11.8 Å². The lowest BCUT2D eigenvalue weighted by Crippen LogP contribution is -2.11. The van der Waals surface area contributed by atoms with E-state index in [0.717, 1.165) is 10.9 Å². The van der Waals surface area contributed by atoms with Gasteiger partial charge in [-0.05, 0) is 31.5 Å². The Kier molecular flexibility index (Phi) is 3.22. The Morgan fingerprint density at radius 1 is 1.43 bits per heavy atom. The number of nitrogens with one attached hydrogen (secondary N) is 1. The van der Waals surface area contributed by atoms with Crippen molar-refractivity contribution in [2.75, 3.05) is 6.61 Å². The van der Waals surface area contributed by atoms with Crippen LogP contribution in [-0.2, 0) is 9.53 Å². The van der Waals surface area contributed by atoms with E-state index >= 15 is 0 Å². The zero-order chi connectivity index (χ0) is 15.0. The van der Waals surface area contributed by atoms with Gasteiger partial charge in [0.15, 0.2) is 5.78 Å². The van der Waals surface area contributed by atoms with Crippen LogP contribution in [-0.4, -0.2) is 23.3 Å². The van der Waals surface area contributed by atoms with Gasteiger partial charge in [0.2, 0.25) is 0 Å². The zero-order valence-corrected chi connectivity index (χ0v) is 11.6. The van der Waals surface area contributed by atoms with Crippen LogP contribution in [0.25, 0.3) is 10.9 Å². The smallest absolute Gasteiger partial charge is 0.309 e. The summed E-state index contributed by atoms with van der Waals surface area (Å²) in [7, 11) is 0. The Labute approximate surface area is 121 Å². The van der Waals surface area contributed by atoms with Crippen molar-refractivity contribution in [2.45, 2.75) is 13.3 Å². The van der Waals surface area contributed by atoms with Crippen LogP contribution >= 0.6 is 0 Å². The summed E-state index contributed by atoms with van der Waals surface area (Å²) in [6, 6.07) is 7.31. The summed E-state index contributed by atoms with van der Waals surface area (Å²) in [5, 5.41) is 9.77. The number of nitrogens with zero attached hydrogens (tertiary/aromatic N) is 1. The Bertz CT molecular complexity index is 769. The van der Waals surface area contributed by atoms with Crippen LogP contribution in [0.4, 0.5) is 0 Å². The second-order valence-corrected chi connectivity index (χ2v) is 5.14. The summed E-state index contributed by atoms with van der Waals surface area (Å²) < 4.78 is 4.94. The number of aromatic nitrogens is 1. The minimum Gasteiger partial charge on any atom is -0.466 e. The van der Waals surface area contributed by atoms with Crippen LogP contribution in [0.15, 0.2) is 24.4 Å². The molecule has 1 N–H and O–H groups in total. The number of ether oxygens (including phenoxy) is 1. The molecule has 3 rings (SSSR count). The maximum absolute atomic E-state index is 12.4. The highest BCUT2D eigenvalue weighted by atomic mass is 16.5. The maximum Gasteiger partial charge on any atom is 0.309 e. The van der Waals surface area contributed by atoms with Gasteiger partial charge in [-0.15, -0.1) is 0 Å². The molecule has 0 bridgehead atoms. The summed E-state index contributed by atoms with van der Waals surface area (Å²) in [6.45, 7) is 2.08. The molecular weight excluding hydrogens is 268 g/mol. The minimum atomic E-state index is -0.310. The van der Waals surface area contributed by atoms with Gasteiger partial charge in [-0.1, -0.05) is 0 Å². The highest BCUT2D eigenvalue weighted by Gasteiger charge is 2.49. The van der Waals surface area contributed by atoms with Crippen molar-refractivity contribution in [1.82, 2.24) is 4.98 Å². The van der Waals surface area contributed by atoms with Crippen LogP contribution in [0.1, 0.15) is 29.3 Å². The van der Waals surface area contributed by atoms with Crippen molar-refractivity contribution in [3.8, 4) is 6.07 Å². The maximum atomic E-state index is 12.4. The SMILES string of the molecule is CCOC(=O)[C@H]1C[C@@H]1C(=O)c1ccc2[nH]cc(C#N)c2c1. The van der Waals surface area contributed by atoms with E-state index in [9.17, 15) is 9.59 Å². The van der Waals surface area contributed by atoms with E-state index < -0.39 is 0 Å². The molecule has 1 aromatic heterocycles. The predicted octanol–water partition coefficient (Wildman–Crippen LogP) is 2.42. The Hall–Kier alpha value is -2.61. The van der Waals surface area contributed by atoms with E-state index in [-0.39, 0.29) is 23.6 Å². The molecule has 0 unspecified atom stereocenters. The van der Waals surface area contributed by atoms with Gasteiger partial charge < -0.3 is 9.72 Å². The standard InChI is InChI=1S/C16H14N2O3/c1-2-21-16(20)13-6-12(13)15(19)9-3-4-14-11(5-9)10(7-17)8-18-14/h3-5,8,12-13,18H,2,6H2,1H3/t12-,13-/m0/s1. The number of nitriles is 1. The lowest BCUT2D eigenvalue weighted by molar-refractivity contribution is -0.144. The fraction of sp³-hybridized carbons (Fsp3) is 0.312. The molecule has 0 saturated heterocycles. The Morgan fingerprint density at radius 2 is 2.24 bits per heavy atom. The number of fused-ring (bicyclic) bond motifs is 1. The van der Waals surface area contributed by atoms with Gasteiger partial charge in [-0.3, -0.25) is 9.59 Å². The minimum absolute atomic E-state index is 0.0555. The van der Waals surface area contributed by atoms with Gasteiger partial charge in [0.1, 0.15) is 6.07 Å². The first-order valence-electron chi connectivity index (χ1n) is 6.87. The molecule has 0 spiro atoms. The molecule has 1 aliphatic carbocycles. The van der Waals surface area contributed by atoms with Crippen molar-refractivity contribution in [3.05, 3.63) is 35.5 Å². The van der Waals surface area contributed by atoms with Crippen LogP contribution in [0.5, 0.6) is 0 Å². The fourth-order valence-electron chi connectivity index (χ4n) is 2.58. The number of ketones is 1. The summed E-state index contributed by atoms with van der Waals surface area (Å²) >= 11 is 0. The van der Waals surface area contributed by atoms with Crippen LogP contribution < -0.4 is 0 Å². The van der Waals surface area contributed by atoms with Crippen LogP contribution in [0, 0.1) is 23.2 Å². The quantitative estimate of drug-likeness (QED) is 0.689. The Balaban J connectivity index is 1.83. The number of aromatic amines is 1. The van der Waals surface area contributed by atoms with E-state index in [1.54, 1.807) is 31.3 Å². The van der Waals surface area contributed by atoms with E-state index in [0.29, 0.717) is 24.2 Å². The fourth-order valence-corrected chi connectivity index (χ4v) is 2.58. The topological polar surface area (TPSA) is 83.0 Å².